The lowest BCUT2D eigenvalue weighted by molar-refractivity contribution is -0.0600. The molecule has 2 fully saturated rings. The molecule has 1 aromatic heterocycles. The molecule has 4 nitrogen and oxygen atoms in total. The van der Waals surface area contributed by atoms with Crippen molar-refractivity contribution in [1.29, 1.82) is 0 Å². The zero-order valence-electron chi connectivity index (χ0n) is 14.2. The maximum absolute atomic E-state index is 11.2. The number of ether oxygens (including phenoxy) is 1. The second-order valence-electron chi connectivity index (χ2n) is 7.11. The van der Waals surface area contributed by atoms with Gasteiger partial charge in [-0.15, -0.1) is 11.3 Å². The van der Waals surface area contributed by atoms with Gasteiger partial charge in [-0.3, -0.25) is 4.90 Å². The summed E-state index contributed by atoms with van der Waals surface area (Å²) in [6.45, 7) is 6.42. The molecule has 1 saturated carbocycles. The highest BCUT2D eigenvalue weighted by molar-refractivity contribution is 7.10. The van der Waals surface area contributed by atoms with Gasteiger partial charge in [0, 0.05) is 36.5 Å². The first kappa shape index (κ1) is 16.9. The summed E-state index contributed by atoms with van der Waals surface area (Å²) in [5.74, 6) is 0.355. The number of hydrogen-bond donors (Lipinski definition) is 1. The standard InChI is InChI=1S/C18H27NO3S/c1-11(17-12(2)16(10-23-17)18(20)21)13-4-6-14(7-5-13)19-8-15(9-19)22-3/h10-11,13-15H,4-9H2,1-3H3,(H,20,21). The van der Waals surface area contributed by atoms with E-state index in [1.165, 1.54) is 30.6 Å². The molecule has 23 heavy (non-hydrogen) atoms. The molecular formula is C18H27NO3S. The number of hydrogen-bond acceptors (Lipinski definition) is 4. The highest BCUT2D eigenvalue weighted by Crippen LogP contribution is 2.41. The van der Waals surface area contributed by atoms with Gasteiger partial charge in [0.25, 0.3) is 0 Å². The second kappa shape index (κ2) is 6.91. The smallest absolute Gasteiger partial charge is 0.336 e. The summed E-state index contributed by atoms with van der Waals surface area (Å²) in [7, 11) is 1.80. The Balaban J connectivity index is 1.56. The van der Waals surface area contributed by atoms with Crippen molar-refractivity contribution in [2.75, 3.05) is 20.2 Å². The van der Waals surface area contributed by atoms with Gasteiger partial charge in [0.15, 0.2) is 0 Å². The lowest BCUT2D eigenvalue weighted by Crippen LogP contribution is -2.56. The number of carboxylic acids is 1. The van der Waals surface area contributed by atoms with Crippen molar-refractivity contribution >= 4 is 17.3 Å². The van der Waals surface area contributed by atoms with Crippen molar-refractivity contribution in [3.8, 4) is 0 Å². The Hall–Kier alpha value is -0.910. The molecule has 1 N–H and O–H groups in total. The Bertz CT molecular complexity index is 557. The number of methoxy groups -OCH3 is 1. The van der Waals surface area contributed by atoms with Gasteiger partial charge in [-0.05, 0) is 50.0 Å². The molecule has 0 radical (unpaired) electrons. The van der Waals surface area contributed by atoms with Crippen molar-refractivity contribution in [2.24, 2.45) is 5.92 Å². The van der Waals surface area contributed by atoms with E-state index < -0.39 is 5.97 Å². The van der Waals surface area contributed by atoms with Crippen LogP contribution in [-0.4, -0.2) is 48.3 Å². The first-order valence-electron chi connectivity index (χ1n) is 8.59. The number of aromatic carboxylic acids is 1. The molecule has 1 unspecified atom stereocenters. The van der Waals surface area contributed by atoms with E-state index >= 15 is 0 Å². The van der Waals surface area contributed by atoms with E-state index in [1.807, 2.05) is 6.92 Å². The predicted octanol–water partition coefficient (Wildman–Crippen LogP) is 3.75. The van der Waals surface area contributed by atoms with Gasteiger partial charge in [0.05, 0.1) is 11.7 Å². The maximum Gasteiger partial charge on any atom is 0.336 e. The molecule has 0 spiro atoms. The second-order valence-corrected chi connectivity index (χ2v) is 8.02. The predicted molar refractivity (Wildman–Crippen MR) is 92.5 cm³/mol. The van der Waals surface area contributed by atoms with Crippen LogP contribution in [0.4, 0.5) is 0 Å². The third-order valence-corrected chi connectivity index (χ3v) is 7.18. The Morgan fingerprint density at radius 3 is 2.52 bits per heavy atom. The summed E-state index contributed by atoms with van der Waals surface area (Å²) in [6.07, 6.45) is 5.47. The van der Waals surface area contributed by atoms with Crippen LogP contribution < -0.4 is 0 Å². The molecule has 1 saturated heterocycles. The van der Waals surface area contributed by atoms with E-state index in [2.05, 4.69) is 11.8 Å². The normalized spacial score (nSPS) is 27.6. The fourth-order valence-electron chi connectivity index (χ4n) is 4.19. The summed E-state index contributed by atoms with van der Waals surface area (Å²) in [5, 5.41) is 11.0. The SMILES string of the molecule is COC1CN(C2CCC(C(C)c3scc(C(=O)O)c3C)CC2)C1. The number of carbonyl (C=O) groups is 1. The zero-order valence-corrected chi connectivity index (χ0v) is 15.1. The average molecular weight is 337 g/mol. The van der Waals surface area contributed by atoms with Crippen LogP contribution in [0.3, 0.4) is 0 Å². The van der Waals surface area contributed by atoms with Gasteiger partial charge >= 0.3 is 5.97 Å². The van der Waals surface area contributed by atoms with Gasteiger partial charge in [0.2, 0.25) is 0 Å². The third kappa shape index (κ3) is 3.32. The van der Waals surface area contributed by atoms with Crippen LogP contribution in [0.2, 0.25) is 0 Å². The van der Waals surface area contributed by atoms with E-state index in [-0.39, 0.29) is 0 Å². The van der Waals surface area contributed by atoms with Crippen LogP contribution in [0.25, 0.3) is 0 Å². The van der Waals surface area contributed by atoms with Crippen molar-refractivity contribution in [1.82, 2.24) is 4.90 Å². The van der Waals surface area contributed by atoms with E-state index in [0.29, 0.717) is 23.5 Å². The Kier molecular flexibility index (Phi) is 5.09. The van der Waals surface area contributed by atoms with Crippen molar-refractivity contribution < 1.29 is 14.6 Å². The summed E-state index contributed by atoms with van der Waals surface area (Å²) in [4.78, 5) is 15.1. The number of likely N-dealkylation sites (tertiary alicyclic amines) is 1. The minimum absolute atomic E-state index is 0.440. The van der Waals surface area contributed by atoms with Crippen LogP contribution in [0, 0.1) is 12.8 Å². The molecular weight excluding hydrogens is 310 g/mol. The summed E-state index contributed by atoms with van der Waals surface area (Å²) in [6, 6.07) is 0.726. The van der Waals surface area contributed by atoms with Gasteiger partial charge in [-0.25, -0.2) is 4.79 Å². The molecule has 0 amide bonds. The van der Waals surface area contributed by atoms with Crippen LogP contribution in [-0.2, 0) is 4.74 Å². The lowest BCUT2D eigenvalue weighted by Gasteiger charge is -2.46. The maximum atomic E-state index is 11.2. The van der Waals surface area contributed by atoms with Gasteiger partial charge in [0.1, 0.15) is 0 Å². The van der Waals surface area contributed by atoms with E-state index in [9.17, 15) is 9.90 Å². The van der Waals surface area contributed by atoms with Gasteiger partial charge in [-0.2, -0.15) is 0 Å². The van der Waals surface area contributed by atoms with Crippen molar-refractivity contribution in [3.05, 3.63) is 21.4 Å². The molecule has 1 atom stereocenters. The van der Waals surface area contributed by atoms with Crippen molar-refractivity contribution in [2.45, 2.75) is 57.6 Å². The lowest BCUT2D eigenvalue weighted by atomic mass is 9.77. The van der Waals surface area contributed by atoms with Crippen LogP contribution in [0.5, 0.6) is 0 Å². The van der Waals surface area contributed by atoms with Crippen LogP contribution in [0.15, 0.2) is 5.38 Å². The van der Waals surface area contributed by atoms with E-state index in [0.717, 1.165) is 24.7 Å². The zero-order chi connectivity index (χ0) is 16.6. The van der Waals surface area contributed by atoms with Crippen LogP contribution in [0.1, 0.15) is 59.3 Å². The quantitative estimate of drug-likeness (QED) is 0.889. The molecule has 2 aliphatic rings. The number of rotatable bonds is 5. The molecule has 0 aromatic carbocycles. The third-order valence-electron chi connectivity index (χ3n) is 5.90. The first-order chi connectivity index (χ1) is 11.0. The Morgan fingerprint density at radius 1 is 1.35 bits per heavy atom. The highest BCUT2D eigenvalue weighted by Gasteiger charge is 2.36. The minimum atomic E-state index is -0.800. The summed E-state index contributed by atoms with van der Waals surface area (Å²) < 4.78 is 5.37. The molecule has 5 heteroatoms. The summed E-state index contributed by atoms with van der Waals surface area (Å²) in [5.41, 5.74) is 1.46. The molecule has 2 heterocycles. The number of nitrogens with zero attached hydrogens (tertiary/aromatic N) is 1. The molecule has 1 aliphatic carbocycles. The van der Waals surface area contributed by atoms with E-state index in [4.69, 9.17) is 4.74 Å². The number of carboxylic acid groups (broad SMARTS) is 1. The first-order valence-corrected chi connectivity index (χ1v) is 9.47. The molecule has 1 aromatic rings. The Labute approximate surface area is 142 Å². The van der Waals surface area contributed by atoms with Crippen molar-refractivity contribution in [3.63, 3.8) is 0 Å². The highest BCUT2D eigenvalue weighted by atomic mass is 32.1. The monoisotopic (exact) mass is 337 g/mol. The fraction of sp³-hybridized carbons (Fsp3) is 0.722. The summed E-state index contributed by atoms with van der Waals surface area (Å²) >= 11 is 1.62. The molecule has 1 aliphatic heterocycles. The molecule has 3 rings (SSSR count). The fourth-order valence-corrected chi connectivity index (χ4v) is 5.41. The average Bonchev–Trinajstić information content (AvgIpc) is 2.88. The van der Waals surface area contributed by atoms with E-state index in [1.54, 1.807) is 23.8 Å². The molecule has 128 valence electrons. The van der Waals surface area contributed by atoms with Gasteiger partial charge < -0.3 is 9.84 Å². The van der Waals surface area contributed by atoms with Gasteiger partial charge in [-0.1, -0.05) is 6.92 Å². The minimum Gasteiger partial charge on any atom is -0.478 e. The van der Waals surface area contributed by atoms with Crippen LogP contribution >= 0.6 is 11.3 Å². The largest absolute Gasteiger partial charge is 0.478 e. The Morgan fingerprint density at radius 2 is 2.00 bits per heavy atom. The molecule has 0 bridgehead atoms. The number of thiophene rings is 1. The topological polar surface area (TPSA) is 49.8 Å².